The molecule has 0 saturated heterocycles. The van der Waals surface area contributed by atoms with E-state index in [9.17, 15) is 9.18 Å². The van der Waals surface area contributed by atoms with Gasteiger partial charge in [0.1, 0.15) is 11.5 Å². The third-order valence-electron chi connectivity index (χ3n) is 5.51. The molecule has 0 aliphatic carbocycles. The van der Waals surface area contributed by atoms with Gasteiger partial charge >= 0.3 is 0 Å². The number of fused-ring (bicyclic) bond motifs is 1. The summed E-state index contributed by atoms with van der Waals surface area (Å²) >= 11 is 12.2. The van der Waals surface area contributed by atoms with Gasteiger partial charge in [-0.15, -0.1) is 0 Å². The minimum Gasteiger partial charge on any atom is -0.356 e. The van der Waals surface area contributed by atoms with Crippen molar-refractivity contribution in [3.05, 3.63) is 105 Å². The maximum atomic E-state index is 14.7. The van der Waals surface area contributed by atoms with Gasteiger partial charge in [-0.2, -0.15) is 0 Å². The van der Waals surface area contributed by atoms with Crippen LogP contribution in [0.4, 0.5) is 4.39 Å². The van der Waals surface area contributed by atoms with Crippen molar-refractivity contribution in [3.63, 3.8) is 0 Å². The summed E-state index contributed by atoms with van der Waals surface area (Å²) in [5.41, 5.74) is 3.88. The van der Waals surface area contributed by atoms with Gasteiger partial charge in [-0.25, -0.2) is 9.37 Å². The minimum absolute atomic E-state index is 0.0947. The molecule has 32 heavy (non-hydrogen) atoms. The molecule has 1 atom stereocenters. The van der Waals surface area contributed by atoms with E-state index in [0.717, 1.165) is 22.6 Å². The maximum Gasteiger partial charge on any atom is 0.221 e. The van der Waals surface area contributed by atoms with E-state index in [2.05, 4.69) is 10.3 Å². The second-order valence-electron chi connectivity index (χ2n) is 7.66. The number of imidazole rings is 1. The van der Waals surface area contributed by atoms with E-state index in [4.69, 9.17) is 23.2 Å². The van der Waals surface area contributed by atoms with Gasteiger partial charge in [0.25, 0.3) is 0 Å². The summed E-state index contributed by atoms with van der Waals surface area (Å²) in [6.07, 6.45) is 2.39. The van der Waals surface area contributed by atoms with Crippen molar-refractivity contribution in [2.45, 2.75) is 25.7 Å². The van der Waals surface area contributed by atoms with Crippen LogP contribution in [0.3, 0.4) is 0 Å². The molecular formula is C25H22Cl2FN3O. The molecule has 1 unspecified atom stereocenters. The zero-order valence-corrected chi connectivity index (χ0v) is 19.0. The highest BCUT2D eigenvalue weighted by Crippen LogP contribution is 2.31. The highest BCUT2D eigenvalue weighted by atomic mass is 35.5. The Kier molecular flexibility index (Phi) is 6.77. The van der Waals surface area contributed by atoms with Crippen molar-refractivity contribution >= 4 is 34.8 Å². The summed E-state index contributed by atoms with van der Waals surface area (Å²) in [4.78, 5) is 17.3. The Hall–Kier alpha value is -2.89. The fraction of sp³-hybridized carbons (Fsp3) is 0.200. The van der Waals surface area contributed by atoms with Crippen molar-refractivity contribution in [1.29, 1.82) is 0 Å². The minimum atomic E-state index is -0.480. The summed E-state index contributed by atoms with van der Waals surface area (Å²) in [5, 5.41) is 4.07. The Morgan fingerprint density at radius 2 is 1.94 bits per heavy atom. The molecule has 0 radical (unpaired) electrons. The fourth-order valence-electron chi connectivity index (χ4n) is 3.93. The van der Waals surface area contributed by atoms with Crippen LogP contribution in [-0.4, -0.2) is 21.8 Å². The van der Waals surface area contributed by atoms with Gasteiger partial charge < -0.3 is 9.72 Å². The quantitative estimate of drug-likeness (QED) is 0.362. The lowest BCUT2D eigenvalue weighted by Gasteiger charge is -2.19. The summed E-state index contributed by atoms with van der Waals surface area (Å²) in [5.74, 6) is -1.000. The van der Waals surface area contributed by atoms with Crippen LogP contribution in [0, 0.1) is 12.7 Å². The number of benzene rings is 2. The number of hydrogen-bond donors (Lipinski definition) is 1. The van der Waals surface area contributed by atoms with Gasteiger partial charge in [0.15, 0.2) is 0 Å². The van der Waals surface area contributed by atoms with E-state index >= 15 is 0 Å². The van der Waals surface area contributed by atoms with Crippen molar-refractivity contribution in [3.8, 4) is 0 Å². The Bertz CT molecular complexity index is 1270. The Balaban J connectivity index is 1.56. The average molecular weight is 470 g/mol. The summed E-state index contributed by atoms with van der Waals surface area (Å²) in [7, 11) is 0. The predicted molar refractivity (Wildman–Crippen MR) is 126 cm³/mol. The van der Waals surface area contributed by atoms with Gasteiger partial charge in [0, 0.05) is 40.8 Å². The van der Waals surface area contributed by atoms with Gasteiger partial charge in [-0.3, -0.25) is 4.79 Å². The van der Waals surface area contributed by atoms with Crippen LogP contribution in [0.2, 0.25) is 10.0 Å². The van der Waals surface area contributed by atoms with E-state index in [1.165, 1.54) is 6.07 Å². The molecule has 2 aromatic heterocycles. The number of carbonyl (C=O) groups is 1. The van der Waals surface area contributed by atoms with Crippen LogP contribution < -0.4 is 5.32 Å². The molecule has 2 aromatic carbocycles. The number of aryl methyl sites for hydroxylation is 1. The van der Waals surface area contributed by atoms with Crippen molar-refractivity contribution in [1.82, 2.24) is 14.7 Å². The van der Waals surface area contributed by atoms with Crippen LogP contribution in [0.15, 0.2) is 66.9 Å². The topological polar surface area (TPSA) is 46.4 Å². The van der Waals surface area contributed by atoms with Crippen molar-refractivity contribution in [2.24, 2.45) is 0 Å². The highest BCUT2D eigenvalue weighted by Gasteiger charge is 2.24. The lowest BCUT2D eigenvalue weighted by atomic mass is 9.91. The van der Waals surface area contributed by atoms with Gasteiger partial charge in [0.2, 0.25) is 5.91 Å². The van der Waals surface area contributed by atoms with E-state index in [1.54, 1.807) is 36.5 Å². The molecule has 0 fully saturated rings. The molecule has 0 saturated carbocycles. The molecule has 2 heterocycles. The number of pyridine rings is 1. The summed E-state index contributed by atoms with van der Waals surface area (Å²) < 4.78 is 16.7. The molecule has 4 nitrogen and oxygen atoms in total. The Labute approximate surface area is 196 Å². The number of hydrogen-bond acceptors (Lipinski definition) is 2. The molecule has 4 aromatic rings. The molecule has 1 N–H and O–H groups in total. The number of aromatic nitrogens is 2. The third kappa shape index (κ3) is 4.79. The third-order valence-corrected chi connectivity index (χ3v) is 6.10. The predicted octanol–water partition coefficient (Wildman–Crippen LogP) is 5.97. The van der Waals surface area contributed by atoms with E-state index in [0.29, 0.717) is 28.6 Å². The Morgan fingerprint density at radius 3 is 2.72 bits per heavy atom. The van der Waals surface area contributed by atoms with Gasteiger partial charge in [0.05, 0.1) is 5.69 Å². The van der Waals surface area contributed by atoms with Gasteiger partial charge in [-0.05, 0) is 54.8 Å². The highest BCUT2D eigenvalue weighted by molar-refractivity contribution is 6.35. The Morgan fingerprint density at radius 1 is 1.12 bits per heavy atom. The van der Waals surface area contributed by atoms with E-state index in [-0.39, 0.29) is 18.1 Å². The monoisotopic (exact) mass is 469 g/mol. The zero-order chi connectivity index (χ0) is 22.7. The van der Waals surface area contributed by atoms with Crippen LogP contribution in [0.25, 0.3) is 5.65 Å². The number of carbonyl (C=O) groups excluding carboxylic acids is 1. The first-order valence-corrected chi connectivity index (χ1v) is 11.1. The number of rotatable bonds is 7. The van der Waals surface area contributed by atoms with Crippen LogP contribution in [0.5, 0.6) is 0 Å². The fourth-order valence-corrected chi connectivity index (χ4v) is 4.43. The van der Waals surface area contributed by atoms with E-state index < -0.39 is 5.92 Å². The summed E-state index contributed by atoms with van der Waals surface area (Å²) in [6.45, 7) is 2.38. The van der Waals surface area contributed by atoms with E-state index in [1.807, 2.05) is 35.6 Å². The van der Waals surface area contributed by atoms with Crippen LogP contribution >= 0.6 is 23.2 Å². The molecule has 7 heteroatoms. The largest absolute Gasteiger partial charge is 0.356 e. The average Bonchev–Trinajstić information content (AvgIpc) is 3.19. The standard InChI is InChI=1S/C25H22Cl2FN3O/c1-16-5-4-8-24-30-15-23(31(16)24)20(19-6-2-3-7-22(19)28)14-25(32)29-12-11-17-9-10-18(26)13-21(17)27/h2-10,13,15,20H,11-12,14H2,1H3,(H,29,32). The lowest BCUT2D eigenvalue weighted by Crippen LogP contribution is -2.28. The number of nitrogens with one attached hydrogen (secondary N) is 1. The van der Waals surface area contributed by atoms with Crippen LogP contribution in [0.1, 0.15) is 34.9 Å². The molecule has 4 rings (SSSR count). The first kappa shape index (κ1) is 22.3. The molecule has 0 bridgehead atoms. The van der Waals surface area contributed by atoms with Crippen molar-refractivity contribution in [2.75, 3.05) is 6.54 Å². The molecule has 0 aliphatic rings. The molecule has 0 aliphatic heterocycles. The number of amides is 1. The normalized spacial score (nSPS) is 12.1. The molecular weight excluding hydrogens is 448 g/mol. The maximum absolute atomic E-state index is 14.7. The molecule has 164 valence electrons. The first-order valence-electron chi connectivity index (χ1n) is 10.3. The first-order chi connectivity index (χ1) is 15.4. The lowest BCUT2D eigenvalue weighted by molar-refractivity contribution is -0.121. The summed E-state index contributed by atoms with van der Waals surface area (Å²) in [6, 6.07) is 17.6. The van der Waals surface area contributed by atoms with Crippen LogP contribution in [-0.2, 0) is 11.2 Å². The second kappa shape index (κ2) is 9.72. The molecule has 1 amide bonds. The zero-order valence-electron chi connectivity index (χ0n) is 17.5. The van der Waals surface area contributed by atoms with Crippen molar-refractivity contribution < 1.29 is 9.18 Å². The number of nitrogens with zero attached hydrogens (tertiary/aromatic N) is 2. The molecule has 0 spiro atoms. The second-order valence-corrected chi connectivity index (χ2v) is 8.50. The van der Waals surface area contributed by atoms with Gasteiger partial charge in [-0.1, -0.05) is 53.5 Å². The SMILES string of the molecule is Cc1cccc2ncc(C(CC(=O)NCCc3ccc(Cl)cc3Cl)c3ccccc3F)n12. The smallest absolute Gasteiger partial charge is 0.221 e. The number of halogens is 3.